The number of hydrogen-bond acceptors (Lipinski definition) is 3. The number of ether oxygens (including phenoxy) is 1. The van der Waals surface area contributed by atoms with Gasteiger partial charge in [-0.05, 0) is 24.3 Å². The van der Waals surface area contributed by atoms with Crippen LogP contribution in [0.1, 0.15) is 37.7 Å². The molecule has 98 valence electrons. The summed E-state index contributed by atoms with van der Waals surface area (Å²) < 4.78 is 5.25. The van der Waals surface area contributed by atoms with Crippen molar-refractivity contribution in [1.29, 1.82) is 0 Å². The van der Waals surface area contributed by atoms with Crippen molar-refractivity contribution in [3.63, 3.8) is 0 Å². The molecule has 1 aliphatic rings. The summed E-state index contributed by atoms with van der Waals surface area (Å²) in [5, 5.41) is 3.26. The molecular weight excluding hydrogens is 226 g/mol. The maximum atomic E-state index is 11.8. The first-order valence-corrected chi connectivity index (χ1v) is 6.76. The van der Waals surface area contributed by atoms with Gasteiger partial charge in [-0.15, -0.1) is 0 Å². The number of nitrogens with one attached hydrogen (secondary N) is 1. The van der Waals surface area contributed by atoms with Crippen LogP contribution in [0.5, 0.6) is 0 Å². The SMILES string of the molecule is CCCCOC(=O)[C@@H]1C[C@H](c2ccccc2)CN1. The topological polar surface area (TPSA) is 38.3 Å². The average Bonchev–Trinajstić information content (AvgIpc) is 2.89. The Kier molecular flexibility index (Phi) is 4.76. The highest BCUT2D eigenvalue weighted by Crippen LogP contribution is 2.25. The Balaban J connectivity index is 1.83. The van der Waals surface area contributed by atoms with Crippen molar-refractivity contribution < 1.29 is 9.53 Å². The van der Waals surface area contributed by atoms with Gasteiger partial charge in [0.2, 0.25) is 0 Å². The number of carbonyl (C=O) groups is 1. The molecule has 2 rings (SSSR count). The fourth-order valence-electron chi connectivity index (χ4n) is 2.31. The van der Waals surface area contributed by atoms with Gasteiger partial charge in [0.1, 0.15) is 6.04 Å². The molecule has 1 saturated heterocycles. The van der Waals surface area contributed by atoms with Crippen molar-refractivity contribution >= 4 is 5.97 Å². The Morgan fingerprint density at radius 2 is 2.17 bits per heavy atom. The second kappa shape index (κ2) is 6.55. The molecule has 1 aliphatic heterocycles. The maximum Gasteiger partial charge on any atom is 0.323 e. The van der Waals surface area contributed by atoms with Gasteiger partial charge in [-0.2, -0.15) is 0 Å². The quantitative estimate of drug-likeness (QED) is 0.641. The lowest BCUT2D eigenvalue weighted by Crippen LogP contribution is -2.32. The fraction of sp³-hybridized carbons (Fsp3) is 0.533. The Morgan fingerprint density at radius 1 is 1.39 bits per heavy atom. The van der Waals surface area contributed by atoms with Crippen LogP contribution < -0.4 is 5.32 Å². The minimum Gasteiger partial charge on any atom is -0.465 e. The van der Waals surface area contributed by atoms with Crippen LogP contribution in [0.3, 0.4) is 0 Å². The van der Waals surface area contributed by atoms with E-state index in [0.29, 0.717) is 12.5 Å². The third-order valence-electron chi connectivity index (χ3n) is 3.43. The van der Waals surface area contributed by atoms with E-state index in [-0.39, 0.29) is 12.0 Å². The normalized spacial score (nSPS) is 22.9. The summed E-state index contributed by atoms with van der Waals surface area (Å²) in [6.07, 6.45) is 2.84. The Hall–Kier alpha value is -1.35. The average molecular weight is 247 g/mol. The number of carbonyl (C=O) groups excluding carboxylic acids is 1. The fourth-order valence-corrected chi connectivity index (χ4v) is 2.31. The molecule has 3 heteroatoms. The molecule has 0 aromatic heterocycles. The van der Waals surface area contributed by atoms with Crippen LogP contribution in [-0.4, -0.2) is 25.2 Å². The molecule has 0 spiro atoms. The molecule has 3 nitrogen and oxygen atoms in total. The first-order valence-electron chi connectivity index (χ1n) is 6.76. The molecule has 1 aromatic rings. The van der Waals surface area contributed by atoms with Gasteiger partial charge in [0.05, 0.1) is 6.61 Å². The summed E-state index contributed by atoms with van der Waals surface area (Å²) in [5.41, 5.74) is 1.30. The van der Waals surface area contributed by atoms with E-state index < -0.39 is 0 Å². The summed E-state index contributed by atoms with van der Waals surface area (Å²) in [5.74, 6) is 0.330. The van der Waals surface area contributed by atoms with Crippen LogP contribution in [0.4, 0.5) is 0 Å². The van der Waals surface area contributed by atoms with Crippen LogP contribution in [0.15, 0.2) is 30.3 Å². The van der Waals surface area contributed by atoms with Crippen molar-refractivity contribution in [2.24, 2.45) is 0 Å². The van der Waals surface area contributed by atoms with Gasteiger partial charge >= 0.3 is 5.97 Å². The lowest BCUT2D eigenvalue weighted by molar-refractivity contribution is -0.145. The van der Waals surface area contributed by atoms with E-state index in [1.807, 2.05) is 18.2 Å². The monoisotopic (exact) mass is 247 g/mol. The molecule has 0 amide bonds. The molecule has 0 saturated carbocycles. The highest BCUT2D eigenvalue weighted by molar-refractivity contribution is 5.76. The second-order valence-electron chi connectivity index (χ2n) is 4.83. The Bertz CT molecular complexity index is 377. The third kappa shape index (κ3) is 3.33. The van der Waals surface area contributed by atoms with E-state index >= 15 is 0 Å². The van der Waals surface area contributed by atoms with Gasteiger partial charge < -0.3 is 10.1 Å². The summed E-state index contributed by atoms with van der Waals surface area (Å²) in [6, 6.07) is 10.2. The highest BCUT2D eigenvalue weighted by Gasteiger charge is 2.31. The van der Waals surface area contributed by atoms with E-state index in [1.165, 1.54) is 5.56 Å². The van der Waals surface area contributed by atoms with E-state index in [2.05, 4.69) is 24.4 Å². The van der Waals surface area contributed by atoms with E-state index in [1.54, 1.807) is 0 Å². The van der Waals surface area contributed by atoms with Gasteiger partial charge in [0.25, 0.3) is 0 Å². The second-order valence-corrected chi connectivity index (χ2v) is 4.83. The third-order valence-corrected chi connectivity index (χ3v) is 3.43. The zero-order valence-corrected chi connectivity index (χ0v) is 10.9. The molecule has 1 N–H and O–H groups in total. The van der Waals surface area contributed by atoms with Gasteiger partial charge in [0, 0.05) is 6.54 Å². The molecule has 0 unspecified atom stereocenters. The zero-order valence-electron chi connectivity index (χ0n) is 10.9. The standard InChI is InChI=1S/C15H21NO2/c1-2-3-9-18-15(17)14-10-13(11-16-14)12-7-5-4-6-8-12/h4-8,13-14,16H,2-3,9-11H2,1H3/t13-,14-/m0/s1. The van der Waals surface area contributed by atoms with Crippen molar-refractivity contribution in [2.75, 3.05) is 13.2 Å². The summed E-state index contributed by atoms with van der Waals surface area (Å²) in [7, 11) is 0. The Labute approximate surface area is 109 Å². The first-order chi connectivity index (χ1) is 8.81. The zero-order chi connectivity index (χ0) is 12.8. The van der Waals surface area contributed by atoms with Gasteiger partial charge in [0.15, 0.2) is 0 Å². The molecule has 1 aromatic carbocycles. The summed E-state index contributed by atoms with van der Waals surface area (Å²) in [4.78, 5) is 11.8. The predicted molar refractivity (Wildman–Crippen MR) is 71.5 cm³/mol. The molecule has 0 bridgehead atoms. The molecule has 0 radical (unpaired) electrons. The van der Waals surface area contributed by atoms with Gasteiger partial charge in [-0.1, -0.05) is 43.7 Å². The van der Waals surface area contributed by atoms with E-state index in [9.17, 15) is 4.79 Å². The van der Waals surface area contributed by atoms with Crippen LogP contribution in [0.25, 0.3) is 0 Å². The van der Waals surface area contributed by atoms with Crippen molar-refractivity contribution in [3.05, 3.63) is 35.9 Å². The molecule has 0 aliphatic carbocycles. The lowest BCUT2D eigenvalue weighted by Gasteiger charge is -2.10. The summed E-state index contributed by atoms with van der Waals surface area (Å²) >= 11 is 0. The minimum atomic E-state index is -0.132. The largest absolute Gasteiger partial charge is 0.465 e. The maximum absolute atomic E-state index is 11.8. The van der Waals surface area contributed by atoms with Crippen molar-refractivity contribution in [3.8, 4) is 0 Å². The Morgan fingerprint density at radius 3 is 2.89 bits per heavy atom. The smallest absolute Gasteiger partial charge is 0.323 e. The van der Waals surface area contributed by atoms with Crippen molar-refractivity contribution in [1.82, 2.24) is 5.32 Å². The molecule has 1 heterocycles. The number of unbranched alkanes of at least 4 members (excludes halogenated alkanes) is 1. The molecule has 18 heavy (non-hydrogen) atoms. The van der Waals surface area contributed by atoms with Crippen LogP contribution in [0.2, 0.25) is 0 Å². The number of hydrogen-bond donors (Lipinski definition) is 1. The van der Waals surface area contributed by atoms with Crippen LogP contribution in [-0.2, 0) is 9.53 Å². The lowest BCUT2D eigenvalue weighted by atomic mass is 9.96. The van der Waals surface area contributed by atoms with Crippen molar-refractivity contribution in [2.45, 2.75) is 38.1 Å². The van der Waals surface area contributed by atoms with Crippen LogP contribution >= 0.6 is 0 Å². The van der Waals surface area contributed by atoms with E-state index in [0.717, 1.165) is 25.8 Å². The van der Waals surface area contributed by atoms with Crippen LogP contribution in [0, 0.1) is 0 Å². The van der Waals surface area contributed by atoms with Gasteiger partial charge in [-0.25, -0.2) is 0 Å². The van der Waals surface area contributed by atoms with E-state index in [4.69, 9.17) is 4.74 Å². The number of rotatable bonds is 5. The first kappa shape index (κ1) is 13.1. The molecule has 1 fully saturated rings. The van der Waals surface area contributed by atoms with Gasteiger partial charge in [-0.3, -0.25) is 4.79 Å². The number of benzene rings is 1. The molecular formula is C15H21NO2. The predicted octanol–water partition coefficient (Wildman–Crippen LogP) is 2.48. The molecule has 2 atom stereocenters. The minimum absolute atomic E-state index is 0.0955. The summed E-state index contributed by atoms with van der Waals surface area (Å²) in [6.45, 7) is 3.49. The number of esters is 1. The highest BCUT2D eigenvalue weighted by atomic mass is 16.5.